The van der Waals surface area contributed by atoms with Gasteiger partial charge in [-0.3, -0.25) is 4.79 Å². The maximum atomic E-state index is 12.2. The third kappa shape index (κ3) is 7.52. The number of benzene rings is 2. The largest absolute Gasteiger partial charge is 0.387 e. The van der Waals surface area contributed by atoms with Crippen LogP contribution in [0.15, 0.2) is 54.6 Å². The summed E-state index contributed by atoms with van der Waals surface area (Å²) in [5.41, 5.74) is 3.05. The fourth-order valence-corrected chi connectivity index (χ4v) is 2.99. The van der Waals surface area contributed by atoms with Crippen molar-refractivity contribution < 1.29 is 14.7 Å². The fourth-order valence-electron chi connectivity index (χ4n) is 2.99. The van der Waals surface area contributed by atoms with Gasteiger partial charge in [0.15, 0.2) is 0 Å². The van der Waals surface area contributed by atoms with Gasteiger partial charge in [-0.05, 0) is 22.1 Å². The molecule has 2 aromatic rings. The molecule has 0 bridgehead atoms. The van der Waals surface area contributed by atoms with Crippen LogP contribution in [0.3, 0.4) is 0 Å². The van der Waals surface area contributed by atoms with Gasteiger partial charge < -0.3 is 20.6 Å². The monoisotopic (exact) mass is 411 g/mol. The highest BCUT2D eigenvalue weighted by Crippen LogP contribution is 2.23. The second-order valence-electron chi connectivity index (χ2n) is 8.51. The fraction of sp³-hybridized carbons (Fsp3) is 0.417. The Hall–Kier alpha value is -2.86. The second kappa shape index (κ2) is 10.8. The van der Waals surface area contributed by atoms with E-state index < -0.39 is 12.1 Å². The lowest BCUT2D eigenvalue weighted by atomic mass is 9.86. The van der Waals surface area contributed by atoms with Gasteiger partial charge in [0, 0.05) is 33.1 Å². The Labute approximate surface area is 179 Å². The summed E-state index contributed by atoms with van der Waals surface area (Å²) in [4.78, 5) is 25.8. The van der Waals surface area contributed by atoms with Gasteiger partial charge in [-0.1, -0.05) is 75.4 Å². The van der Waals surface area contributed by atoms with E-state index in [1.165, 1.54) is 5.56 Å². The van der Waals surface area contributed by atoms with Gasteiger partial charge in [-0.25, -0.2) is 4.79 Å². The third-order valence-electron chi connectivity index (χ3n) is 4.93. The number of hydrogen-bond acceptors (Lipinski definition) is 3. The van der Waals surface area contributed by atoms with Crippen LogP contribution in [0.4, 0.5) is 4.79 Å². The molecule has 0 spiro atoms. The molecule has 0 aliphatic heterocycles. The molecule has 1 unspecified atom stereocenters. The summed E-state index contributed by atoms with van der Waals surface area (Å²) < 4.78 is 0. The summed E-state index contributed by atoms with van der Waals surface area (Å²) in [5.74, 6) is -0.0434. The van der Waals surface area contributed by atoms with Gasteiger partial charge >= 0.3 is 6.03 Å². The second-order valence-corrected chi connectivity index (χ2v) is 8.51. The number of rotatable bonds is 8. The molecule has 0 heterocycles. The molecular formula is C24H33N3O3. The van der Waals surface area contributed by atoms with Crippen LogP contribution in [0.1, 0.15) is 50.0 Å². The Kier molecular flexibility index (Phi) is 8.42. The standard InChI is InChI=1S/C24H33N3O3/c1-24(2,3)20-12-10-19(11-13-20)21(28)16-26-23(30)25-15-14-22(29)27(4)17-18-8-6-5-7-9-18/h5-13,21,28H,14-17H2,1-4H3,(H2,25,26,30). The molecule has 30 heavy (non-hydrogen) atoms. The van der Waals surface area contributed by atoms with E-state index >= 15 is 0 Å². The number of hydrogen-bond donors (Lipinski definition) is 3. The average Bonchev–Trinajstić information content (AvgIpc) is 2.72. The van der Waals surface area contributed by atoms with Crippen molar-refractivity contribution in [2.24, 2.45) is 0 Å². The van der Waals surface area contributed by atoms with E-state index in [-0.39, 0.29) is 30.8 Å². The SMILES string of the molecule is CN(Cc1ccccc1)C(=O)CCNC(=O)NCC(O)c1ccc(C(C)(C)C)cc1. The first kappa shape index (κ1) is 23.4. The Morgan fingerprint density at radius 3 is 2.23 bits per heavy atom. The predicted octanol–water partition coefficient (Wildman–Crippen LogP) is 3.37. The van der Waals surface area contributed by atoms with Crippen LogP contribution in [0.25, 0.3) is 0 Å². The van der Waals surface area contributed by atoms with Gasteiger partial charge in [0.05, 0.1) is 6.10 Å². The number of amides is 3. The lowest BCUT2D eigenvalue weighted by Gasteiger charge is -2.20. The molecule has 0 saturated carbocycles. The number of nitrogens with one attached hydrogen (secondary N) is 2. The van der Waals surface area contributed by atoms with Gasteiger partial charge in [0.2, 0.25) is 5.91 Å². The number of aliphatic hydroxyl groups is 1. The van der Waals surface area contributed by atoms with Crippen LogP contribution < -0.4 is 10.6 Å². The molecule has 0 aliphatic carbocycles. The molecule has 6 nitrogen and oxygen atoms in total. The summed E-state index contributed by atoms with van der Waals surface area (Å²) >= 11 is 0. The van der Waals surface area contributed by atoms with Crippen molar-refractivity contribution in [2.75, 3.05) is 20.1 Å². The number of carbonyl (C=O) groups is 2. The molecule has 0 fully saturated rings. The molecule has 0 aromatic heterocycles. The van der Waals surface area contributed by atoms with Gasteiger partial charge in [0.25, 0.3) is 0 Å². The van der Waals surface area contributed by atoms with E-state index in [0.717, 1.165) is 11.1 Å². The van der Waals surface area contributed by atoms with Crippen molar-refractivity contribution in [3.8, 4) is 0 Å². The van der Waals surface area contributed by atoms with Crippen LogP contribution >= 0.6 is 0 Å². The summed E-state index contributed by atoms with van der Waals surface area (Å²) in [6, 6.07) is 17.1. The molecule has 3 amide bonds. The molecule has 0 saturated heterocycles. The van der Waals surface area contributed by atoms with Crippen LogP contribution in [0, 0.1) is 0 Å². The molecule has 6 heteroatoms. The first-order valence-corrected chi connectivity index (χ1v) is 10.2. The Bertz CT molecular complexity index is 814. The Morgan fingerprint density at radius 2 is 1.63 bits per heavy atom. The Balaban J connectivity index is 1.68. The normalized spacial score (nSPS) is 12.2. The van der Waals surface area contributed by atoms with Gasteiger partial charge in [-0.2, -0.15) is 0 Å². The average molecular weight is 412 g/mol. The number of carbonyl (C=O) groups excluding carboxylic acids is 2. The van der Waals surface area contributed by atoms with Crippen molar-refractivity contribution in [3.63, 3.8) is 0 Å². The van der Waals surface area contributed by atoms with Crippen molar-refractivity contribution in [2.45, 2.75) is 45.3 Å². The van der Waals surface area contributed by atoms with Crippen LogP contribution in [-0.4, -0.2) is 42.1 Å². The van der Waals surface area contributed by atoms with E-state index in [1.54, 1.807) is 11.9 Å². The number of urea groups is 1. The zero-order valence-corrected chi connectivity index (χ0v) is 18.3. The first-order valence-electron chi connectivity index (χ1n) is 10.2. The highest BCUT2D eigenvalue weighted by Gasteiger charge is 2.15. The van der Waals surface area contributed by atoms with E-state index in [2.05, 4.69) is 31.4 Å². The topological polar surface area (TPSA) is 81.7 Å². The van der Waals surface area contributed by atoms with Crippen molar-refractivity contribution in [1.29, 1.82) is 0 Å². The summed E-state index contributed by atoms with van der Waals surface area (Å²) in [6.45, 7) is 7.27. The molecule has 1 atom stereocenters. The molecule has 162 valence electrons. The first-order chi connectivity index (χ1) is 14.2. The highest BCUT2D eigenvalue weighted by molar-refractivity contribution is 5.78. The minimum atomic E-state index is -0.789. The molecule has 2 aromatic carbocycles. The molecular weight excluding hydrogens is 378 g/mol. The van der Waals surface area contributed by atoms with Crippen LogP contribution in [0.5, 0.6) is 0 Å². The molecule has 0 radical (unpaired) electrons. The van der Waals surface area contributed by atoms with E-state index in [4.69, 9.17) is 0 Å². The molecule has 2 rings (SSSR count). The highest BCUT2D eigenvalue weighted by atomic mass is 16.3. The van der Waals surface area contributed by atoms with Crippen molar-refractivity contribution in [1.82, 2.24) is 15.5 Å². The number of aliphatic hydroxyl groups excluding tert-OH is 1. The third-order valence-corrected chi connectivity index (χ3v) is 4.93. The van der Waals surface area contributed by atoms with Crippen molar-refractivity contribution >= 4 is 11.9 Å². The van der Waals surface area contributed by atoms with E-state index in [9.17, 15) is 14.7 Å². The van der Waals surface area contributed by atoms with Crippen LogP contribution in [0.2, 0.25) is 0 Å². The summed E-state index contributed by atoms with van der Waals surface area (Å²) in [7, 11) is 1.75. The number of nitrogens with zero attached hydrogens (tertiary/aromatic N) is 1. The molecule has 3 N–H and O–H groups in total. The quantitative estimate of drug-likeness (QED) is 0.623. The Morgan fingerprint density at radius 1 is 1.00 bits per heavy atom. The van der Waals surface area contributed by atoms with E-state index in [1.807, 2.05) is 54.6 Å². The van der Waals surface area contributed by atoms with Crippen molar-refractivity contribution in [3.05, 3.63) is 71.3 Å². The van der Waals surface area contributed by atoms with Gasteiger partial charge in [-0.15, -0.1) is 0 Å². The minimum Gasteiger partial charge on any atom is -0.387 e. The summed E-state index contributed by atoms with van der Waals surface area (Å²) in [5, 5.41) is 15.6. The minimum absolute atomic E-state index is 0.0434. The zero-order chi connectivity index (χ0) is 22.1. The van der Waals surface area contributed by atoms with Crippen LogP contribution in [-0.2, 0) is 16.8 Å². The summed E-state index contributed by atoms with van der Waals surface area (Å²) in [6.07, 6.45) is -0.573. The van der Waals surface area contributed by atoms with E-state index in [0.29, 0.717) is 6.54 Å². The lowest BCUT2D eigenvalue weighted by Crippen LogP contribution is -2.39. The zero-order valence-electron chi connectivity index (χ0n) is 18.3. The van der Waals surface area contributed by atoms with Gasteiger partial charge in [0.1, 0.15) is 0 Å². The smallest absolute Gasteiger partial charge is 0.314 e. The maximum Gasteiger partial charge on any atom is 0.314 e. The molecule has 0 aliphatic rings. The maximum absolute atomic E-state index is 12.2. The lowest BCUT2D eigenvalue weighted by molar-refractivity contribution is -0.130. The predicted molar refractivity (Wildman–Crippen MR) is 119 cm³/mol.